The van der Waals surface area contributed by atoms with E-state index in [-0.39, 0.29) is 5.69 Å². The highest BCUT2D eigenvalue weighted by atomic mass is 16.6. The number of benzene rings is 1. The predicted molar refractivity (Wildman–Crippen MR) is 91.0 cm³/mol. The van der Waals surface area contributed by atoms with Gasteiger partial charge >= 0.3 is 0 Å². The Morgan fingerprint density at radius 2 is 2.32 bits per heavy atom. The summed E-state index contributed by atoms with van der Waals surface area (Å²) >= 11 is 0. The smallest absolute Gasteiger partial charge is 0.271 e. The molecule has 8 nitrogen and oxygen atoms in total. The van der Waals surface area contributed by atoms with Crippen LogP contribution < -0.4 is 0 Å². The van der Waals surface area contributed by atoms with Crippen LogP contribution in [0.15, 0.2) is 41.3 Å². The standard InChI is InChI=1S/C17H19N5O3/c1-12-4-6-20(9-15(12)21-7-5-18-11-21)10-17-19-14-8-13(22(23)24)2-3-16(14)25-17/h2-3,5,7-8,11-12,15H,4,6,9-10H2,1H3/t12-,15-/m0/s1. The zero-order chi connectivity index (χ0) is 17.4. The van der Waals surface area contributed by atoms with Crippen molar-refractivity contribution in [3.8, 4) is 0 Å². The molecule has 1 aromatic carbocycles. The van der Waals surface area contributed by atoms with E-state index in [4.69, 9.17) is 4.42 Å². The number of aromatic nitrogens is 3. The molecule has 4 rings (SSSR count). The first-order chi connectivity index (χ1) is 12.1. The molecule has 0 saturated carbocycles. The number of nitro benzene ring substituents is 1. The summed E-state index contributed by atoms with van der Waals surface area (Å²) in [6, 6.07) is 4.88. The van der Waals surface area contributed by atoms with E-state index in [1.54, 1.807) is 12.3 Å². The molecule has 0 N–H and O–H groups in total. The van der Waals surface area contributed by atoms with Crippen molar-refractivity contribution < 1.29 is 9.34 Å². The fourth-order valence-electron chi connectivity index (χ4n) is 3.45. The monoisotopic (exact) mass is 341 g/mol. The van der Waals surface area contributed by atoms with Gasteiger partial charge in [0.25, 0.3) is 5.69 Å². The maximum absolute atomic E-state index is 10.9. The van der Waals surface area contributed by atoms with Crippen molar-refractivity contribution in [3.63, 3.8) is 0 Å². The Kier molecular flexibility index (Phi) is 3.96. The number of fused-ring (bicyclic) bond motifs is 1. The minimum absolute atomic E-state index is 0.0271. The summed E-state index contributed by atoms with van der Waals surface area (Å²) < 4.78 is 7.92. The maximum atomic E-state index is 10.9. The van der Waals surface area contributed by atoms with Crippen LogP contribution in [0, 0.1) is 16.0 Å². The van der Waals surface area contributed by atoms with Gasteiger partial charge in [0.2, 0.25) is 5.89 Å². The van der Waals surface area contributed by atoms with Crippen LogP contribution in [0.1, 0.15) is 25.3 Å². The second-order valence-electron chi connectivity index (χ2n) is 6.60. The number of imidazole rings is 1. The molecule has 0 bridgehead atoms. The summed E-state index contributed by atoms with van der Waals surface area (Å²) in [5, 5.41) is 10.9. The van der Waals surface area contributed by atoms with Crippen LogP contribution in [0.5, 0.6) is 0 Å². The van der Waals surface area contributed by atoms with Crippen molar-refractivity contribution >= 4 is 16.8 Å². The fourth-order valence-corrected chi connectivity index (χ4v) is 3.45. The highest BCUT2D eigenvalue weighted by Crippen LogP contribution is 2.29. The van der Waals surface area contributed by atoms with Gasteiger partial charge in [-0.3, -0.25) is 15.0 Å². The Morgan fingerprint density at radius 1 is 1.44 bits per heavy atom. The summed E-state index contributed by atoms with van der Waals surface area (Å²) in [5.74, 6) is 1.17. The minimum atomic E-state index is -0.421. The van der Waals surface area contributed by atoms with Gasteiger partial charge < -0.3 is 8.98 Å². The molecule has 8 heteroatoms. The highest BCUT2D eigenvalue weighted by Gasteiger charge is 2.28. The van der Waals surface area contributed by atoms with Crippen LogP contribution in [0.3, 0.4) is 0 Å². The SMILES string of the molecule is C[C@H]1CCN(Cc2nc3cc([N+](=O)[O-])ccc3o2)C[C@@H]1n1ccnc1. The minimum Gasteiger partial charge on any atom is -0.439 e. The molecule has 2 aromatic heterocycles. The normalized spacial score (nSPS) is 21.6. The Balaban J connectivity index is 1.51. The second kappa shape index (κ2) is 6.29. The lowest BCUT2D eigenvalue weighted by Gasteiger charge is -2.37. The van der Waals surface area contributed by atoms with Crippen LogP contribution >= 0.6 is 0 Å². The van der Waals surface area contributed by atoms with E-state index in [1.165, 1.54) is 12.1 Å². The number of nitro groups is 1. The first-order valence-electron chi connectivity index (χ1n) is 8.34. The summed E-state index contributed by atoms with van der Waals surface area (Å²) in [4.78, 5) is 21.3. The number of oxazole rings is 1. The van der Waals surface area contributed by atoms with Crippen LogP contribution in [0.25, 0.3) is 11.1 Å². The summed E-state index contributed by atoms with van der Waals surface area (Å²) in [5.41, 5.74) is 1.14. The Hall–Kier alpha value is -2.74. The van der Waals surface area contributed by atoms with E-state index in [0.717, 1.165) is 19.5 Å². The molecule has 0 radical (unpaired) electrons. The van der Waals surface area contributed by atoms with Crippen molar-refractivity contribution in [2.75, 3.05) is 13.1 Å². The summed E-state index contributed by atoms with van der Waals surface area (Å²) in [7, 11) is 0. The molecule has 1 fully saturated rings. The van der Waals surface area contributed by atoms with Crippen LogP contribution in [-0.4, -0.2) is 37.4 Å². The molecule has 1 aliphatic rings. The zero-order valence-electron chi connectivity index (χ0n) is 13.9. The molecule has 3 aromatic rings. The molecule has 0 spiro atoms. The van der Waals surface area contributed by atoms with Gasteiger partial charge in [-0.25, -0.2) is 9.97 Å². The number of hydrogen-bond acceptors (Lipinski definition) is 6. The zero-order valence-corrected chi connectivity index (χ0v) is 13.9. The van der Waals surface area contributed by atoms with Gasteiger partial charge in [0, 0.05) is 37.1 Å². The number of nitrogens with zero attached hydrogens (tertiary/aromatic N) is 5. The molecule has 25 heavy (non-hydrogen) atoms. The van der Waals surface area contributed by atoms with Crippen LogP contribution in [0.2, 0.25) is 0 Å². The molecular weight excluding hydrogens is 322 g/mol. The number of piperidine rings is 1. The molecule has 0 amide bonds. The molecule has 1 aliphatic heterocycles. The van der Waals surface area contributed by atoms with Crippen LogP contribution in [-0.2, 0) is 6.54 Å². The van der Waals surface area contributed by atoms with Crippen molar-refractivity contribution in [2.24, 2.45) is 5.92 Å². The van der Waals surface area contributed by atoms with E-state index < -0.39 is 4.92 Å². The first kappa shape index (κ1) is 15.8. The Morgan fingerprint density at radius 3 is 3.08 bits per heavy atom. The number of likely N-dealkylation sites (tertiary alicyclic amines) is 1. The lowest BCUT2D eigenvalue weighted by atomic mass is 9.93. The first-order valence-corrected chi connectivity index (χ1v) is 8.34. The highest BCUT2D eigenvalue weighted by molar-refractivity contribution is 5.75. The maximum Gasteiger partial charge on any atom is 0.271 e. The van der Waals surface area contributed by atoms with E-state index in [2.05, 4.69) is 26.4 Å². The average Bonchev–Trinajstić information content (AvgIpc) is 3.24. The van der Waals surface area contributed by atoms with Gasteiger partial charge in [-0.2, -0.15) is 0 Å². The average molecular weight is 341 g/mol. The van der Waals surface area contributed by atoms with Gasteiger partial charge in [0.1, 0.15) is 5.52 Å². The van der Waals surface area contributed by atoms with Gasteiger partial charge in [-0.15, -0.1) is 0 Å². The topological polar surface area (TPSA) is 90.2 Å². The third kappa shape index (κ3) is 3.12. The van der Waals surface area contributed by atoms with Gasteiger partial charge in [-0.1, -0.05) is 6.92 Å². The van der Waals surface area contributed by atoms with E-state index >= 15 is 0 Å². The van der Waals surface area contributed by atoms with E-state index in [9.17, 15) is 10.1 Å². The molecule has 2 atom stereocenters. The lowest BCUT2D eigenvalue weighted by Crippen LogP contribution is -2.40. The molecule has 0 unspecified atom stereocenters. The fraction of sp³-hybridized carbons (Fsp3) is 0.412. The largest absolute Gasteiger partial charge is 0.439 e. The number of hydrogen-bond donors (Lipinski definition) is 0. The van der Waals surface area contributed by atoms with E-state index in [1.807, 2.05) is 12.5 Å². The quantitative estimate of drug-likeness (QED) is 0.535. The third-order valence-corrected chi connectivity index (χ3v) is 4.90. The van der Waals surface area contributed by atoms with Crippen molar-refractivity contribution in [2.45, 2.75) is 25.9 Å². The van der Waals surface area contributed by atoms with E-state index in [0.29, 0.717) is 35.5 Å². The van der Waals surface area contributed by atoms with Crippen molar-refractivity contribution in [1.82, 2.24) is 19.4 Å². The summed E-state index contributed by atoms with van der Waals surface area (Å²) in [6.45, 7) is 4.74. The predicted octanol–water partition coefficient (Wildman–Crippen LogP) is 3.02. The summed E-state index contributed by atoms with van der Waals surface area (Å²) in [6.07, 6.45) is 6.76. The molecule has 0 aliphatic carbocycles. The van der Waals surface area contributed by atoms with Gasteiger partial charge in [0.05, 0.1) is 17.8 Å². The third-order valence-electron chi connectivity index (χ3n) is 4.90. The van der Waals surface area contributed by atoms with Gasteiger partial charge in [0.15, 0.2) is 5.58 Å². The molecule has 3 heterocycles. The number of rotatable bonds is 4. The van der Waals surface area contributed by atoms with Gasteiger partial charge in [-0.05, 0) is 24.9 Å². The van der Waals surface area contributed by atoms with Crippen molar-refractivity contribution in [1.29, 1.82) is 0 Å². The Labute approximate surface area is 144 Å². The molecule has 1 saturated heterocycles. The second-order valence-corrected chi connectivity index (χ2v) is 6.60. The van der Waals surface area contributed by atoms with Crippen LogP contribution in [0.4, 0.5) is 5.69 Å². The number of non-ortho nitro benzene ring substituents is 1. The lowest BCUT2D eigenvalue weighted by molar-refractivity contribution is -0.384. The Bertz CT molecular complexity index is 889. The molecule has 130 valence electrons. The van der Waals surface area contributed by atoms with Crippen molar-refractivity contribution in [3.05, 3.63) is 52.9 Å². The molecular formula is C17H19N5O3.